The van der Waals surface area contributed by atoms with Crippen LogP contribution in [0.1, 0.15) is 19.5 Å². The zero-order valence-electron chi connectivity index (χ0n) is 13.3. The van der Waals surface area contributed by atoms with Crippen molar-refractivity contribution >= 4 is 46.4 Å². The number of methoxy groups -OCH3 is 1. The van der Waals surface area contributed by atoms with Crippen LogP contribution in [0.4, 0.5) is 5.13 Å². The lowest BCUT2D eigenvalue weighted by atomic mass is 10.4. The first-order valence-electron chi connectivity index (χ1n) is 6.72. The second kappa shape index (κ2) is 11.0. The molecule has 0 radical (unpaired) electrons. The van der Waals surface area contributed by atoms with Gasteiger partial charge in [0.05, 0.1) is 18.8 Å². The van der Waals surface area contributed by atoms with Gasteiger partial charge in [0.15, 0.2) is 11.1 Å². The Morgan fingerprint density at radius 2 is 2.24 bits per heavy atom. The molecule has 1 aromatic heterocycles. The molecule has 0 aromatic carbocycles. The quantitative estimate of drug-likeness (QED) is 0.396. The lowest BCUT2D eigenvalue weighted by Gasteiger charge is -2.16. The molecule has 1 heterocycles. The highest BCUT2D eigenvalue weighted by atomic mass is 127. The Labute approximate surface area is 148 Å². The summed E-state index contributed by atoms with van der Waals surface area (Å²) in [5, 5.41) is 9.56. The van der Waals surface area contributed by atoms with Gasteiger partial charge in [0.2, 0.25) is 0 Å². The van der Waals surface area contributed by atoms with Gasteiger partial charge in [0.25, 0.3) is 0 Å². The fraction of sp³-hybridized carbons (Fsp3) is 0.692. The largest absolute Gasteiger partial charge is 0.383 e. The van der Waals surface area contributed by atoms with Gasteiger partial charge in [0, 0.05) is 39.2 Å². The maximum absolute atomic E-state index is 5.11. The zero-order valence-corrected chi connectivity index (χ0v) is 16.5. The number of aromatic nitrogens is 1. The molecular weight excluding hydrogens is 401 g/mol. The monoisotopic (exact) mass is 427 g/mol. The molecule has 0 saturated heterocycles. The molecule has 0 aliphatic rings. The van der Waals surface area contributed by atoms with Crippen molar-refractivity contribution in [3.05, 3.63) is 11.1 Å². The van der Waals surface area contributed by atoms with E-state index < -0.39 is 0 Å². The van der Waals surface area contributed by atoms with Crippen LogP contribution in [-0.2, 0) is 11.3 Å². The van der Waals surface area contributed by atoms with Crippen LogP contribution in [0.3, 0.4) is 0 Å². The molecule has 1 aromatic rings. The average molecular weight is 427 g/mol. The van der Waals surface area contributed by atoms with E-state index in [9.17, 15) is 0 Å². The molecule has 122 valence electrons. The third-order valence-electron chi connectivity index (χ3n) is 2.47. The SMILES string of the molecule is CCNC(=NCc1csc(N(C)C)n1)NC(C)COC.I. The molecule has 2 N–H and O–H groups in total. The molecule has 1 rings (SSSR count). The van der Waals surface area contributed by atoms with Crippen LogP contribution in [0.25, 0.3) is 0 Å². The molecule has 0 amide bonds. The highest BCUT2D eigenvalue weighted by Crippen LogP contribution is 2.18. The molecule has 0 saturated carbocycles. The van der Waals surface area contributed by atoms with Crippen LogP contribution >= 0.6 is 35.3 Å². The van der Waals surface area contributed by atoms with Crippen molar-refractivity contribution in [2.45, 2.75) is 26.4 Å². The fourth-order valence-corrected chi connectivity index (χ4v) is 2.33. The summed E-state index contributed by atoms with van der Waals surface area (Å²) in [4.78, 5) is 11.1. The molecule has 0 aliphatic carbocycles. The van der Waals surface area contributed by atoms with Gasteiger partial charge in [-0.05, 0) is 13.8 Å². The number of aliphatic imine (C=N–C) groups is 1. The van der Waals surface area contributed by atoms with Gasteiger partial charge in [0.1, 0.15) is 0 Å². The minimum atomic E-state index is 0. The van der Waals surface area contributed by atoms with Crippen molar-refractivity contribution in [1.29, 1.82) is 0 Å². The van der Waals surface area contributed by atoms with E-state index in [4.69, 9.17) is 4.74 Å². The highest BCUT2D eigenvalue weighted by molar-refractivity contribution is 14.0. The predicted octanol–water partition coefficient (Wildman–Crippen LogP) is 1.92. The second-order valence-corrected chi connectivity index (χ2v) is 5.55. The summed E-state index contributed by atoms with van der Waals surface area (Å²) < 4.78 is 5.11. The van der Waals surface area contributed by atoms with Gasteiger partial charge < -0.3 is 20.3 Å². The lowest BCUT2D eigenvalue weighted by Crippen LogP contribution is -2.43. The maximum Gasteiger partial charge on any atom is 0.191 e. The Morgan fingerprint density at radius 1 is 1.52 bits per heavy atom. The smallest absolute Gasteiger partial charge is 0.191 e. The first-order valence-corrected chi connectivity index (χ1v) is 7.60. The number of ether oxygens (including phenoxy) is 1. The Kier molecular flexibility index (Phi) is 10.7. The first kappa shape index (κ1) is 20.4. The molecule has 8 heteroatoms. The number of anilines is 1. The summed E-state index contributed by atoms with van der Waals surface area (Å²) in [6.45, 7) is 6.14. The third-order valence-corrected chi connectivity index (χ3v) is 3.52. The first-order chi connectivity index (χ1) is 9.56. The fourth-order valence-electron chi connectivity index (χ4n) is 1.58. The van der Waals surface area contributed by atoms with E-state index in [1.807, 2.05) is 31.3 Å². The average Bonchev–Trinajstić information content (AvgIpc) is 2.85. The van der Waals surface area contributed by atoms with Crippen LogP contribution < -0.4 is 15.5 Å². The van der Waals surface area contributed by atoms with Crippen molar-refractivity contribution < 1.29 is 4.74 Å². The normalized spacial score (nSPS) is 12.5. The lowest BCUT2D eigenvalue weighted by molar-refractivity contribution is 0.179. The van der Waals surface area contributed by atoms with Crippen LogP contribution in [0, 0.1) is 0 Å². The molecule has 1 unspecified atom stereocenters. The van der Waals surface area contributed by atoms with Crippen molar-refractivity contribution in [2.75, 3.05) is 39.3 Å². The van der Waals surface area contributed by atoms with E-state index in [0.717, 1.165) is 23.3 Å². The van der Waals surface area contributed by atoms with Gasteiger partial charge in [-0.25, -0.2) is 9.98 Å². The molecule has 0 fully saturated rings. The van der Waals surface area contributed by atoms with Crippen LogP contribution in [0.2, 0.25) is 0 Å². The molecule has 1 atom stereocenters. The Bertz CT molecular complexity index is 424. The number of hydrogen-bond acceptors (Lipinski definition) is 5. The van der Waals surface area contributed by atoms with Gasteiger partial charge in [-0.3, -0.25) is 0 Å². The zero-order chi connectivity index (χ0) is 15.0. The van der Waals surface area contributed by atoms with E-state index in [2.05, 4.69) is 27.5 Å². The number of hydrogen-bond donors (Lipinski definition) is 2. The van der Waals surface area contributed by atoms with Crippen molar-refractivity contribution in [2.24, 2.45) is 4.99 Å². The minimum absolute atomic E-state index is 0. The van der Waals surface area contributed by atoms with Crippen LogP contribution in [0.5, 0.6) is 0 Å². The summed E-state index contributed by atoms with van der Waals surface area (Å²) in [6, 6.07) is 0.213. The number of halogens is 1. The molecule has 0 aliphatic heterocycles. The van der Waals surface area contributed by atoms with Gasteiger partial charge >= 0.3 is 0 Å². The molecule has 6 nitrogen and oxygen atoms in total. The number of thiazole rings is 1. The van der Waals surface area contributed by atoms with Crippen LogP contribution in [0.15, 0.2) is 10.4 Å². The Morgan fingerprint density at radius 3 is 2.76 bits per heavy atom. The number of guanidine groups is 1. The van der Waals surface area contributed by atoms with Crippen LogP contribution in [-0.4, -0.2) is 51.3 Å². The minimum Gasteiger partial charge on any atom is -0.383 e. The Balaban J connectivity index is 0.00000400. The summed E-state index contributed by atoms with van der Waals surface area (Å²) in [5.41, 5.74) is 0.982. The van der Waals surface area contributed by atoms with E-state index in [-0.39, 0.29) is 30.0 Å². The standard InChI is InChI=1S/C13H25N5OS.HI/c1-6-14-12(16-10(2)8-19-5)15-7-11-9-20-13(17-11)18(3)4;/h9-10H,6-8H2,1-5H3,(H2,14,15,16);1H. The summed E-state index contributed by atoms with van der Waals surface area (Å²) in [6.07, 6.45) is 0. The van der Waals surface area contributed by atoms with Crippen molar-refractivity contribution in [3.8, 4) is 0 Å². The van der Waals surface area contributed by atoms with Gasteiger partial charge in [-0.2, -0.15) is 0 Å². The van der Waals surface area contributed by atoms with E-state index in [0.29, 0.717) is 13.2 Å². The van der Waals surface area contributed by atoms with Gasteiger partial charge in [-0.15, -0.1) is 35.3 Å². The van der Waals surface area contributed by atoms with E-state index in [1.54, 1.807) is 18.4 Å². The second-order valence-electron chi connectivity index (χ2n) is 4.71. The summed E-state index contributed by atoms with van der Waals surface area (Å²) >= 11 is 1.63. The van der Waals surface area contributed by atoms with E-state index >= 15 is 0 Å². The summed E-state index contributed by atoms with van der Waals surface area (Å²) in [5.74, 6) is 0.788. The van der Waals surface area contributed by atoms with Crippen molar-refractivity contribution in [1.82, 2.24) is 15.6 Å². The topological polar surface area (TPSA) is 61.8 Å². The molecule has 21 heavy (non-hydrogen) atoms. The van der Waals surface area contributed by atoms with Crippen molar-refractivity contribution in [3.63, 3.8) is 0 Å². The molecule has 0 spiro atoms. The number of nitrogens with one attached hydrogen (secondary N) is 2. The molecular formula is C13H26IN5OS. The highest BCUT2D eigenvalue weighted by Gasteiger charge is 2.06. The maximum atomic E-state index is 5.11. The number of rotatable bonds is 7. The van der Waals surface area contributed by atoms with Gasteiger partial charge in [-0.1, -0.05) is 0 Å². The number of nitrogens with zero attached hydrogens (tertiary/aromatic N) is 3. The third kappa shape index (κ3) is 7.82. The summed E-state index contributed by atoms with van der Waals surface area (Å²) in [7, 11) is 5.67. The predicted molar refractivity (Wildman–Crippen MR) is 101 cm³/mol. The van der Waals surface area contributed by atoms with E-state index in [1.165, 1.54) is 0 Å². The Hall–Kier alpha value is -0.610. The molecule has 0 bridgehead atoms.